The van der Waals surface area contributed by atoms with Crippen molar-refractivity contribution in [2.24, 2.45) is 0 Å². The van der Waals surface area contributed by atoms with E-state index in [0.717, 1.165) is 10.5 Å². The van der Waals surface area contributed by atoms with Crippen molar-refractivity contribution in [3.8, 4) is 5.75 Å². The number of esters is 1. The first-order chi connectivity index (χ1) is 15.8. The van der Waals surface area contributed by atoms with Crippen molar-refractivity contribution in [1.82, 2.24) is 5.32 Å². The second-order valence-electron chi connectivity index (χ2n) is 7.23. The lowest BCUT2D eigenvalue weighted by atomic mass is 10.1. The molecule has 0 spiro atoms. The second kappa shape index (κ2) is 9.22. The van der Waals surface area contributed by atoms with Crippen LogP contribution < -0.4 is 15.0 Å². The molecule has 1 aliphatic rings. The molecule has 0 bridgehead atoms. The van der Waals surface area contributed by atoms with Crippen LogP contribution in [0.2, 0.25) is 0 Å². The number of hydrogen-bond acceptors (Lipinski definition) is 5. The van der Waals surface area contributed by atoms with Crippen LogP contribution in [0.4, 0.5) is 10.5 Å². The Morgan fingerprint density at radius 3 is 2.36 bits per heavy atom. The van der Waals surface area contributed by atoms with Crippen LogP contribution in [-0.2, 0) is 9.59 Å². The maximum Gasteiger partial charge on any atom is 0.343 e. The number of halogens is 1. The minimum absolute atomic E-state index is 0.152. The SMILES string of the molecule is Cc1ccc(N2C(=O)NC(=O)/C(=C/c3cc(Br)ccc3OC(=O)c3ccccc3)C2=O)cc1. The van der Waals surface area contributed by atoms with E-state index >= 15 is 0 Å². The maximum atomic E-state index is 13.1. The summed E-state index contributed by atoms with van der Waals surface area (Å²) in [6, 6.07) is 19.2. The zero-order chi connectivity index (χ0) is 23.5. The van der Waals surface area contributed by atoms with Gasteiger partial charge in [0, 0.05) is 10.0 Å². The molecule has 7 nitrogen and oxygen atoms in total. The average Bonchev–Trinajstić information content (AvgIpc) is 2.80. The molecule has 0 atom stereocenters. The fourth-order valence-electron chi connectivity index (χ4n) is 3.20. The Bertz CT molecular complexity index is 1300. The third-order valence-corrected chi connectivity index (χ3v) is 5.37. The summed E-state index contributed by atoms with van der Waals surface area (Å²) in [6.07, 6.45) is 1.30. The summed E-state index contributed by atoms with van der Waals surface area (Å²) in [4.78, 5) is 51.5. The summed E-state index contributed by atoms with van der Waals surface area (Å²) in [5, 5.41) is 2.18. The average molecular weight is 505 g/mol. The summed E-state index contributed by atoms with van der Waals surface area (Å²) in [5.74, 6) is -2.06. The molecule has 4 amide bonds. The molecule has 1 aliphatic heterocycles. The van der Waals surface area contributed by atoms with Crippen LogP contribution in [0.25, 0.3) is 6.08 Å². The normalized spacial score (nSPS) is 14.9. The highest BCUT2D eigenvalue weighted by Gasteiger charge is 2.37. The van der Waals surface area contributed by atoms with Gasteiger partial charge in [0.1, 0.15) is 11.3 Å². The van der Waals surface area contributed by atoms with Gasteiger partial charge in [0.05, 0.1) is 11.3 Å². The zero-order valence-corrected chi connectivity index (χ0v) is 19.0. The number of rotatable bonds is 4. The summed E-state index contributed by atoms with van der Waals surface area (Å²) in [7, 11) is 0. The van der Waals surface area contributed by atoms with Crippen molar-refractivity contribution in [2.75, 3.05) is 4.90 Å². The summed E-state index contributed by atoms with van der Waals surface area (Å²) >= 11 is 3.35. The molecule has 33 heavy (non-hydrogen) atoms. The first-order valence-electron chi connectivity index (χ1n) is 9.88. The molecule has 3 aromatic rings. The quantitative estimate of drug-likeness (QED) is 0.241. The van der Waals surface area contributed by atoms with Crippen LogP contribution in [-0.4, -0.2) is 23.8 Å². The molecule has 4 rings (SSSR count). The smallest absolute Gasteiger partial charge is 0.343 e. The number of carbonyl (C=O) groups excluding carboxylic acids is 4. The Kier molecular flexibility index (Phi) is 6.19. The van der Waals surface area contributed by atoms with Crippen molar-refractivity contribution < 1.29 is 23.9 Å². The third kappa shape index (κ3) is 4.75. The molecule has 0 saturated carbocycles. The van der Waals surface area contributed by atoms with Gasteiger partial charge >= 0.3 is 12.0 Å². The first-order valence-corrected chi connectivity index (χ1v) is 10.7. The van der Waals surface area contributed by atoms with Crippen LogP contribution in [0.15, 0.2) is 82.8 Å². The monoisotopic (exact) mass is 504 g/mol. The van der Waals surface area contributed by atoms with E-state index in [1.54, 1.807) is 72.8 Å². The molecule has 0 aromatic heterocycles. The number of ether oxygens (including phenoxy) is 1. The van der Waals surface area contributed by atoms with Crippen LogP contribution in [0.3, 0.4) is 0 Å². The molecule has 3 aromatic carbocycles. The van der Waals surface area contributed by atoms with Gasteiger partial charge in [-0.2, -0.15) is 0 Å². The highest BCUT2D eigenvalue weighted by atomic mass is 79.9. The Hall–Kier alpha value is -4.04. The van der Waals surface area contributed by atoms with Gasteiger partial charge < -0.3 is 4.74 Å². The van der Waals surface area contributed by atoms with Gasteiger partial charge in [0.15, 0.2) is 0 Å². The van der Waals surface area contributed by atoms with E-state index in [0.29, 0.717) is 21.3 Å². The van der Waals surface area contributed by atoms with Crippen LogP contribution in [0, 0.1) is 6.92 Å². The number of urea groups is 1. The molecule has 164 valence electrons. The molecule has 0 aliphatic carbocycles. The Morgan fingerprint density at radius 2 is 1.67 bits per heavy atom. The highest BCUT2D eigenvalue weighted by Crippen LogP contribution is 2.28. The van der Waals surface area contributed by atoms with Gasteiger partial charge in [-0.1, -0.05) is 51.8 Å². The number of nitrogens with one attached hydrogen (secondary N) is 1. The number of imide groups is 2. The summed E-state index contributed by atoms with van der Waals surface area (Å²) in [5.41, 5.74) is 1.67. The molecule has 1 N–H and O–H groups in total. The van der Waals surface area contributed by atoms with Crippen molar-refractivity contribution in [2.45, 2.75) is 6.92 Å². The molecular formula is C25H17BrN2O5. The minimum atomic E-state index is -0.839. The number of nitrogens with zero attached hydrogens (tertiary/aromatic N) is 1. The fourth-order valence-corrected chi connectivity index (χ4v) is 3.58. The van der Waals surface area contributed by atoms with E-state index in [4.69, 9.17) is 4.74 Å². The molecule has 0 unspecified atom stereocenters. The van der Waals surface area contributed by atoms with E-state index in [1.165, 1.54) is 6.08 Å². The van der Waals surface area contributed by atoms with Crippen molar-refractivity contribution in [1.29, 1.82) is 0 Å². The predicted molar refractivity (Wildman–Crippen MR) is 126 cm³/mol. The van der Waals surface area contributed by atoms with E-state index in [9.17, 15) is 19.2 Å². The van der Waals surface area contributed by atoms with Crippen LogP contribution in [0.1, 0.15) is 21.5 Å². The Morgan fingerprint density at radius 1 is 0.970 bits per heavy atom. The molecule has 0 radical (unpaired) electrons. The van der Waals surface area contributed by atoms with E-state index in [-0.39, 0.29) is 11.3 Å². The van der Waals surface area contributed by atoms with Crippen LogP contribution in [0.5, 0.6) is 5.75 Å². The molecule has 1 fully saturated rings. The largest absolute Gasteiger partial charge is 0.422 e. The van der Waals surface area contributed by atoms with Crippen molar-refractivity contribution >= 4 is 51.5 Å². The topological polar surface area (TPSA) is 92.8 Å². The fraction of sp³-hybridized carbons (Fsp3) is 0.0400. The lowest BCUT2D eigenvalue weighted by Gasteiger charge is -2.26. The molecule has 1 saturated heterocycles. The number of benzene rings is 3. The number of anilines is 1. The molecule has 1 heterocycles. The standard InChI is InChI=1S/C25H17BrN2O5/c1-15-7-10-19(11-8-15)28-23(30)20(22(29)27-25(28)32)14-17-13-18(26)9-12-21(17)33-24(31)16-5-3-2-4-6-16/h2-14H,1H3,(H,27,29,32)/b20-14-. The van der Waals surface area contributed by atoms with Gasteiger partial charge in [-0.25, -0.2) is 14.5 Å². The number of aryl methyl sites for hydroxylation is 1. The summed E-state index contributed by atoms with van der Waals surface area (Å²) in [6.45, 7) is 1.88. The number of carbonyl (C=O) groups is 4. The van der Waals surface area contributed by atoms with E-state index < -0.39 is 23.8 Å². The number of hydrogen-bond donors (Lipinski definition) is 1. The van der Waals surface area contributed by atoms with Crippen LogP contribution >= 0.6 is 15.9 Å². The van der Waals surface area contributed by atoms with E-state index in [2.05, 4.69) is 21.2 Å². The first kappa shape index (κ1) is 22.2. The third-order valence-electron chi connectivity index (χ3n) is 4.88. The molecular weight excluding hydrogens is 488 g/mol. The van der Waals surface area contributed by atoms with Crippen molar-refractivity contribution in [3.63, 3.8) is 0 Å². The zero-order valence-electron chi connectivity index (χ0n) is 17.4. The second-order valence-corrected chi connectivity index (χ2v) is 8.15. The number of amides is 4. The lowest BCUT2D eigenvalue weighted by molar-refractivity contribution is -0.122. The van der Waals surface area contributed by atoms with Gasteiger partial charge in [-0.3, -0.25) is 14.9 Å². The van der Waals surface area contributed by atoms with E-state index in [1.807, 2.05) is 6.92 Å². The minimum Gasteiger partial charge on any atom is -0.422 e. The Balaban J connectivity index is 1.71. The molecule has 8 heteroatoms. The summed E-state index contributed by atoms with van der Waals surface area (Å²) < 4.78 is 6.16. The predicted octanol–water partition coefficient (Wildman–Crippen LogP) is 4.64. The highest BCUT2D eigenvalue weighted by molar-refractivity contribution is 9.10. The van der Waals surface area contributed by atoms with Gasteiger partial charge in [-0.05, 0) is 55.5 Å². The maximum absolute atomic E-state index is 13.1. The lowest BCUT2D eigenvalue weighted by Crippen LogP contribution is -2.54. The Labute approximate surface area is 197 Å². The van der Waals surface area contributed by atoms with Gasteiger partial charge in [0.25, 0.3) is 11.8 Å². The van der Waals surface area contributed by atoms with Gasteiger partial charge in [0.2, 0.25) is 0 Å². The number of barbiturate groups is 1. The van der Waals surface area contributed by atoms with Crippen molar-refractivity contribution in [3.05, 3.63) is 99.5 Å². The van der Waals surface area contributed by atoms with Gasteiger partial charge in [-0.15, -0.1) is 0 Å².